The summed E-state index contributed by atoms with van der Waals surface area (Å²) < 4.78 is 0. The number of amides is 1. The van der Waals surface area contributed by atoms with Gasteiger partial charge in [0.1, 0.15) is 0 Å². The molecule has 0 bridgehead atoms. The first-order chi connectivity index (χ1) is 5.93. The summed E-state index contributed by atoms with van der Waals surface area (Å²) in [7, 11) is 1.97. The standard InChI is InChI=1S/C11H19NO/c1-7-5-8(7)10(13)12(4)9-6-11(9,2)3/h7-9H,5-6H2,1-4H3/t7-,8-,9?/m1/s1. The summed E-state index contributed by atoms with van der Waals surface area (Å²) >= 11 is 0. The zero-order valence-corrected chi connectivity index (χ0v) is 9.00. The highest BCUT2D eigenvalue weighted by Gasteiger charge is 2.52. The van der Waals surface area contributed by atoms with E-state index in [4.69, 9.17) is 0 Å². The van der Waals surface area contributed by atoms with Gasteiger partial charge in [0, 0.05) is 19.0 Å². The molecule has 3 atom stereocenters. The van der Waals surface area contributed by atoms with Gasteiger partial charge in [0.05, 0.1) is 0 Å². The van der Waals surface area contributed by atoms with Crippen LogP contribution in [0.1, 0.15) is 33.6 Å². The van der Waals surface area contributed by atoms with E-state index in [1.807, 2.05) is 11.9 Å². The Morgan fingerprint density at radius 1 is 1.46 bits per heavy atom. The topological polar surface area (TPSA) is 20.3 Å². The average molecular weight is 181 g/mol. The molecule has 0 aromatic carbocycles. The van der Waals surface area contributed by atoms with Crippen LogP contribution in [0.15, 0.2) is 0 Å². The van der Waals surface area contributed by atoms with Crippen LogP contribution in [0, 0.1) is 17.3 Å². The highest BCUT2D eigenvalue weighted by atomic mass is 16.2. The minimum Gasteiger partial charge on any atom is -0.342 e. The van der Waals surface area contributed by atoms with Crippen molar-refractivity contribution in [3.05, 3.63) is 0 Å². The monoisotopic (exact) mass is 181 g/mol. The molecular formula is C11H19NO. The first-order valence-corrected chi connectivity index (χ1v) is 5.20. The van der Waals surface area contributed by atoms with Crippen LogP contribution in [0.4, 0.5) is 0 Å². The lowest BCUT2D eigenvalue weighted by Gasteiger charge is -2.19. The summed E-state index contributed by atoms with van der Waals surface area (Å²) in [6, 6.07) is 0.507. The van der Waals surface area contributed by atoms with E-state index in [0.717, 1.165) is 6.42 Å². The molecule has 13 heavy (non-hydrogen) atoms. The van der Waals surface area contributed by atoms with Gasteiger partial charge in [0.15, 0.2) is 0 Å². The van der Waals surface area contributed by atoms with Crippen molar-refractivity contribution in [2.75, 3.05) is 7.05 Å². The maximum Gasteiger partial charge on any atom is 0.225 e. The van der Waals surface area contributed by atoms with Gasteiger partial charge in [0.2, 0.25) is 5.91 Å². The van der Waals surface area contributed by atoms with Gasteiger partial charge in [-0.2, -0.15) is 0 Å². The molecule has 0 radical (unpaired) electrons. The maximum absolute atomic E-state index is 11.8. The Balaban J connectivity index is 1.91. The summed E-state index contributed by atoms with van der Waals surface area (Å²) in [5, 5.41) is 0. The molecular weight excluding hydrogens is 162 g/mol. The van der Waals surface area contributed by atoms with Gasteiger partial charge in [-0.15, -0.1) is 0 Å². The van der Waals surface area contributed by atoms with Crippen LogP contribution < -0.4 is 0 Å². The molecule has 2 heteroatoms. The Bertz CT molecular complexity index is 246. The summed E-state index contributed by atoms with van der Waals surface area (Å²) in [5.41, 5.74) is 0.378. The SMILES string of the molecule is C[C@@H]1C[C@H]1C(=O)N(C)C1CC1(C)C. The molecule has 2 rings (SSSR count). The Morgan fingerprint density at radius 3 is 2.23 bits per heavy atom. The van der Waals surface area contributed by atoms with E-state index < -0.39 is 0 Å². The molecule has 2 fully saturated rings. The van der Waals surface area contributed by atoms with Crippen molar-refractivity contribution in [1.29, 1.82) is 0 Å². The largest absolute Gasteiger partial charge is 0.342 e. The molecule has 0 aromatic heterocycles. The van der Waals surface area contributed by atoms with E-state index in [2.05, 4.69) is 20.8 Å². The fourth-order valence-electron chi connectivity index (χ4n) is 2.18. The lowest BCUT2D eigenvalue weighted by Crippen LogP contribution is -2.32. The van der Waals surface area contributed by atoms with Crippen molar-refractivity contribution in [1.82, 2.24) is 4.90 Å². The summed E-state index contributed by atoms with van der Waals surface area (Å²) in [4.78, 5) is 13.8. The Hall–Kier alpha value is -0.530. The minimum absolute atomic E-state index is 0.349. The lowest BCUT2D eigenvalue weighted by atomic mass is 10.1. The Morgan fingerprint density at radius 2 is 1.92 bits per heavy atom. The number of carbonyl (C=O) groups excluding carboxylic acids is 1. The Labute approximate surface area is 80.3 Å². The molecule has 0 aliphatic heterocycles. The second-order valence-corrected chi connectivity index (χ2v) is 5.48. The van der Waals surface area contributed by atoms with Crippen LogP contribution >= 0.6 is 0 Å². The van der Waals surface area contributed by atoms with E-state index in [1.54, 1.807) is 0 Å². The number of rotatable bonds is 2. The second kappa shape index (κ2) is 2.49. The normalized spacial score (nSPS) is 39.8. The van der Waals surface area contributed by atoms with Crippen molar-refractivity contribution in [2.45, 2.75) is 39.7 Å². The molecule has 0 heterocycles. The molecule has 1 amide bonds. The molecule has 0 saturated heterocycles. The van der Waals surface area contributed by atoms with Crippen LogP contribution in [0.5, 0.6) is 0 Å². The van der Waals surface area contributed by atoms with Gasteiger partial charge in [-0.05, 0) is 24.2 Å². The second-order valence-electron chi connectivity index (χ2n) is 5.48. The number of nitrogens with zero attached hydrogens (tertiary/aromatic N) is 1. The first kappa shape index (κ1) is 9.04. The molecule has 0 N–H and O–H groups in total. The van der Waals surface area contributed by atoms with Gasteiger partial charge < -0.3 is 4.90 Å². The zero-order valence-electron chi connectivity index (χ0n) is 9.00. The first-order valence-electron chi connectivity index (χ1n) is 5.20. The van der Waals surface area contributed by atoms with Crippen molar-refractivity contribution in [3.63, 3.8) is 0 Å². The van der Waals surface area contributed by atoms with Crippen LogP contribution in [-0.2, 0) is 4.79 Å². The predicted molar refractivity (Wildman–Crippen MR) is 52.2 cm³/mol. The third-order valence-corrected chi connectivity index (χ3v) is 3.70. The van der Waals surface area contributed by atoms with Crippen molar-refractivity contribution in [2.24, 2.45) is 17.3 Å². The van der Waals surface area contributed by atoms with Crippen LogP contribution in [0.3, 0.4) is 0 Å². The molecule has 2 aliphatic carbocycles. The van der Waals surface area contributed by atoms with E-state index in [9.17, 15) is 4.79 Å². The van der Waals surface area contributed by atoms with Gasteiger partial charge in [0.25, 0.3) is 0 Å². The third kappa shape index (κ3) is 1.47. The average Bonchev–Trinajstić information content (AvgIpc) is 2.88. The number of hydrogen-bond acceptors (Lipinski definition) is 1. The smallest absolute Gasteiger partial charge is 0.225 e. The minimum atomic E-state index is 0.349. The number of carbonyl (C=O) groups is 1. The molecule has 0 aromatic rings. The summed E-state index contributed by atoms with van der Waals surface area (Å²) in [6.45, 7) is 6.63. The van der Waals surface area contributed by atoms with Crippen molar-refractivity contribution in [3.8, 4) is 0 Å². The maximum atomic E-state index is 11.8. The van der Waals surface area contributed by atoms with Crippen LogP contribution in [0.2, 0.25) is 0 Å². The molecule has 0 spiro atoms. The molecule has 2 aliphatic rings. The van der Waals surface area contributed by atoms with Gasteiger partial charge in [-0.1, -0.05) is 20.8 Å². The van der Waals surface area contributed by atoms with E-state index in [-0.39, 0.29) is 0 Å². The number of hydrogen-bond donors (Lipinski definition) is 0. The lowest BCUT2D eigenvalue weighted by molar-refractivity contribution is -0.132. The van der Waals surface area contributed by atoms with Crippen LogP contribution in [-0.4, -0.2) is 23.9 Å². The van der Waals surface area contributed by atoms with E-state index >= 15 is 0 Å². The van der Waals surface area contributed by atoms with Crippen LogP contribution in [0.25, 0.3) is 0 Å². The molecule has 2 saturated carbocycles. The molecule has 74 valence electrons. The van der Waals surface area contributed by atoms with E-state index in [1.165, 1.54) is 6.42 Å². The molecule has 2 nitrogen and oxygen atoms in total. The fourth-order valence-corrected chi connectivity index (χ4v) is 2.18. The highest BCUT2D eigenvalue weighted by molar-refractivity contribution is 5.82. The molecule has 1 unspecified atom stereocenters. The zero-order chi connectivity index (χ0) is 9.80. The summed E-state index contributed by atoms with van der Waals surface area (Å²) in [6.07, 6.45) is 2.28. The quantitative estimate of drug-likeness (QED) is 0.637. The van der Waals surface area contributed by atoms with E-state index in [0.29, 0.717) is 29.2 Å². The van der Waals surface area contributed by atoms with Gasteiger partial charge in [-0.3, -0.25) is 4.79 Å². The predicted octanol–water partition coefficient (Wildman–Crippen LogP) is 1.90. The summed E-state index contributed by atoms with van der Waals surface area (Å²) in [5.74, 6) is 1.36. The highest BCUT2D eigenvalue weighted by Crippen LogP contribution is 2.50. The fraction of sp³-hybridized carbons (Fsp3) is 0.909. The third-order valence-electron chi connectivity index (χ3n) is 3.70. The van der Waals surface area contributed by atoms with Crippen molar-refractivity contribution >= 4 is 5.91 Å². The Kier molecular flexibility index (Phi) is 1.73. The van der Waals surface area contributed by atoms with Crippen molar-refractivity contribution < 1.29 is 4.79 Å². The van der Waals surface area contributed by atoms with Gasteiger partial charge >= 0.3 is 0 Å². The van der Waals surface area contributed by atoms with Gasteiger partial charge in [-0.25, -0.2) is 0 Å².